The van der Waals surface area contributed by atoms with E-state index in [9.17, 15) is 0 Å². The predicted molar refractivity (Wildman–Crippen MR) is 85.9 cm³/mol. The molecule has 0 saturated heterocycles. The van der Waals surface area contributed by atoms with Gasteiger partial charge in [0.15, 0.2) is 0 Å². The van der Waals surface area contributed by atoms with Gasteiger partial charge in [-0.15, -0.1) is 11.3 Å². The van der Waals surface area contributed by atoms with E-state index >= 15 is 0 Å². The molecule has 3 heterocycles. The maximum Gasteiger partial charge on any atom is 0.122 e. The van der Waals surface area contributed by atoms with Crippen molar-refractivity contribution in [1.29, 1.82) is 0 Å². The summed E-state index contributed by atoms with van der Waals surface area (Å²) in [5.41, 5.74) is 10.5. The zero-order valence-electron chi connectivity index (χ0n) is 11.2. The highest BCUT2D eigenvalue weighted by Crippen LogP contribution is 2.37. The molecular weight excluding hydrogens is 286 g/mol. The maximum atomic E-state index is 6.49. The number of hydrogen-bond donors (Lipinski definition) is 1. The highest BCUT2D eigenvalue weighted by atomic mass is 32.2. The second-order valence-corrected chi connectivity index (χ2v) is 7.62. The van der Waals surface area contributed by atoms with Gasteiger partial charge in [0.1, 0.15) is 5.75 Å². The van der Waals surface area contributed by atoms with Crippen LogP contribution in [0.2, 0.25) is 0 Å². The van der Waals surface area contributed by atoms with Crippen LogP contribution in [0.4, 0.5) is 0 Å². The fourth-order valence-corrected chi connectivity index (χ4v) is 5.29. The van der Waals surface area contributed by atoms with Crippen molar-refractivity contribution in [3.05, 3.63) is 50.7 Å². The third kappa shape index (κ3) is 2.16. The summed E-state index contributed by atoms with van der Waals surface area (Å²) in [7, 11) is 0. The Balaban J connectivity index is 1.66. The SMILES string of the molecule is NC(c1ccc2c(c1)CCO2)c1cc2c(s1)CCSC2. The fraction of sp³-hybridized carbons (Fsp3) is 0.375. The van der Waals surface area contributed by atoms with Crippen LogP contribution in [-0.2, 0) is 18.6 Å². The van der Waals surface area contributed by atoms with Crippen LogP contribution >= 0.6 is 23.1 Å². The number of hydrogen-bond acceptors (Lipinski definition) is 4. The molecule has 2 nitrogen and oxygen atoms in total. The highest BCUT2D eigenvalue weighted by Gasteiger charge is 2.20. The van der Waals surface area contributed by atoms with Gasteiger partial charge in [0.25, 0.3) is 0 Å². The minimum absolute atomic E-state index is 0.00139. The lowest BCUT2D eigenvalue weighted by molar-refractivity contribution is 0.357. The molecule has 0 amide bonds. The van der Waals surface area contributed by atoms with E-state index in [1.54, 1.807) is 4.88 Å². The number of ether oxygens (including phenoxy) is 1. The Morgan fingerprint density at radius 2 is 2.10 bits per heavy atom. The summed E-state index contributed by atoms with van der Waals surface area (Å²) in [6.07, 6.45) is 2.21. The zero-order valence-corrected chi connectivity index (χ0v) is 12.9. The first-order valence-electron chi connectivity index (χ1n) is 7.02. The lowest BCUT2D eigenvalue weighted by Gasteiger charge is -2.11. The summed E-state index contributed by atoms with van der Waals surface area (Å²) < 4.78 is 5.56. The number of benzene rings is 1. The van der Waals surface area contributed by atoms with Gasteiger partial charge < -0.3 is 10.5 Å². The van der Waals surface area contributed by atoms with E-state index in [1.807, 2.05) is 23.1 Å². The first kappa shape index (κ1) is 12.7. The molecule has 0 radical (unpaired) electrons. The number of rotatable bonds is 2. The van der Waals surface area contributed by atoms with E-state index < -0.39 is 0 Å². The van der Waals surface area contributed by atoms with Crippen molar-refractivity contribution in [3.63, 3.8) is 0 Å². The Bertz CT molecular complexity index is 626. The maximum absolute atomic E-state index is 6.49. The van der Waals surface area contributed by atoms with Gasteiger partial charge in [0.2, 0.25) is 0 Å². The number of nitrogens with two attached hydrogens (primary N) is 1. The summed E-state index contributed by atoms with van der Waals surface area (Å²) >= 11 is 3.93. The van der Waals surface area contributed by atoms with E-state index in [2.05, 4.69) is 24.3 Å². The van der Waals surface area contributed by atoms with Crippen molar-refractivity contribution < 1.29 is 4.74 Å². The molecule has 4 rings (SSSR count). The lowest BCUT2D eigenvalue weighted by atomic mass is 10.0. The van der Waals surface area contributed by atoms with Crippen molar-refractivity contribution >= 4 is 23.1 Å². The van der Waals surface area contributed by atoms with E-state index in [-0.39, 0.29) is 6.04 Å². The number of thiophene rings is 1. The quantitative estimate of drug-likeness (QED) is 0.922. The Hall–Kier alpha value is -0.970. The molecule has 1 aromatic carbocycles. The molecule has 2 aromatic rings. The highest BCUT2D eigenvalue weighted by molar-refractivity contribution is 7.98. The van der Waals surface area contributed by atoms with Gasteiger partial charge in [-0.3, -0.25) is 0 Å². The molecular formula is C16H17NOS2. The molecule has 0 bridgehead atoms. The number of fused-ring (bicyclic) bond motifs is 2. The van der Waals surface area contributed by atoms with Gasteiger partial charge in [-0.1, -0.05) is 12.1 Å². The van der Waals surface area contributed by atoms with Crippen LogP contribution in [0.3, 0.4) is 0 Å². The molecule has 0 saturated carbocycles. The van der Waals surface area contributed by atoms with Crippen LogP contribution in [-0.4, -0.2) is 12.4 Å². The molecule has 20 heavy (non-hydrogen) atoms. The number of thioether (sulfide) groups is 1. The van der Waals surface area contributed by atoms with Crippen LogP contribution in [0.1, 0.15) is 32.5 Å². The molecule has 104 valence electrons. The first-order valence-corrected chi connectivity index (χ1v) is 8.99. The normalized spacial score (nSPS) is 18.2. The Kier molecular flexibility index (Phi) is 3.25. The number of aryl methyl sites for hydroxylation is 1. The summed E-state index contributed by atoms with van der Waals surface area (Å²) in [6, 6.07) is 8.73. The van der Waals surface area contributed by atoms with Gasteiger partial charge >= 0.3 is 0 Å². The molecule has 4 heteroatoms. The molecule has 0 fully saturated rings. The van der Waals surface area contributed by atoms with E-state index in [1.165, 1.54) is 33.7 Å². The second-order valence-electron chi connectivity index (χ2n) is 5.34. The standard InChI is InChI=1S/C16H17NOS2/c17-16(11-1-2-13-10(7-11)3-5-18-13)15-8-12-9-19-6-4-14(12)20-15/h1-2,7-8,16H,3-6,9,17H2. The Labute approximate surface area is 127 Å². The topological polar surface area (TPSA) is 35.2 Å². The molecule has 2 aliphatic heterocycles. The van der Waals surface area contributed by atoms with Crippen molar-refractivity contribution in [2.45, 2.75) is 24.6 Å². The zero-order chi connectivity index (χ0) is 13.5. The molecule has 0 aliphatic carbocycles. The summed E-state index contributed by atoms with van der Waals surface area (Å²) in [4.78, 5) is 2.84. The van der Waals surface area contributed by atoms with Gasteiger partial charge in [-0.2, -0.15) is 11.8 Å². The van der Waals surface area contributed by atoms with Crippen molar-refractivity contribution in [1.82, 2.24) is 0 Å². The van der Waals surface area contributed by atoms with Crippen LogP contribution < -0.4 is 10.5 Å². The third-order valence-electron chi connectivity index (χ3n) is 4.03. The average molecular weight is 303 g/mol. The van der Waals surface area contributed by atoms with Crippen molar-refractivity contribution in [3.8, 4) is 5.75 Å². The molecule has 2 aliphatic rings. The second kappa shape index (κ2) is 5.10. The predicted octanol–water partition coefficient (Wildman–Crippen LogP) is 3.52. The average Bonchev–Trinajstić information content (AvgIpc) is 3.11. The summed E-state index contributed by atoms with van der Waals surface area (Å²) in [5, 5.41) is 0. The Morgan fingerprint density at radius 3 is 3.00 bits per heavy atom. The molecule has 2 N–H and O–H groups in total. The minimum Gasteiger partial charge on any atom is -0.493 e. The van der Waals surface area contributed by atoms with Crippen LogP contribution in [0.5, 0.6) is 5.75 Å². The minimum atomic E-state index is 0.00139. The largest absolute Gasteiger partial charge is 0.493 e. The molecule has 1 unspecified atom stereocenters. The molecule has 1 aromatic heterocycles. The monoisotopic (exact) mass is 303 g/mol. The van der Waals surface area contributed by atoms with E-state index in [0.29, 0.717) is 0 Å². The van der Waals surface area contributed by atoms with Crippen LogP contribution in [0.25, 0.3) is 0 Å². The van der Waals surface area contributed by atoms with Crippen molar-refractivity contribution in [2.24, 2.45) is 5.73 Å². The molecule has 0 spiro atoms. The summed E-state index contributed by atoms with van der Waals surface area (Å²) in [5.74, 6) is 3.43. The third-order valence-corrected chi connectivity index (χ3v) is 6.35. The van der Waals surface area contributed by atoms with Gasteiger partial charge in [0, 0.05) is 21.9 Å². The smallest absolute Gasteiger partial charge is 0.122 e. The van der Waals surface area contributed by atoms with Crippen LogP contribution in [0.15, 0.2) is 24.3 Å². The van der Waals surface area contributed by atoms with Gasteiger partial charge in [0.05, 0.1) is 12.6 Å². The Morgan fingerprint density at radius 1 is 1.15 bits per heavy atom. The van der Waals surface area contributed by atoms with Crippen molar-refractivity contribution in [2.75, 3.05) is 12.4 Å². The van der Waals surface area contributed by atoms with Crippen LogP contribution in [0, 0.1) is 0 Å². The fourth-order valence-electron chi connectivity index (χ4n) is 2.89. The van der Waals surface area contributed by atoms with Gasteiger partial charge in [-0.25, -0.2) is 0 Å². The summed E-state index contributed by atoms with van der Waals surface area (Å²) in [6.45, 7) is 0.804. The lowest BCUT2D eigenvalue weighted by Crippen LogP contribution is -2.10. The van der Waals surface area contributed by atoms with Gasteiger partial charge in [-0.05, 0) is 41.0 Å². The molecule has 1 atom stereocenters. The van der Waals surface area contributed by atoms with E-state index in [4.69, 9.17) is 10.5 Å². The van der Waals surface area contributed by atoms with E-state index in [0.717, 1.165) is 24.5 Å². The first-order chi connectivity index (χ1) is 9.81.